The van der Waals surface area contributed by atoms with Crippen molar-refractivity contribution in [2.24, 2.45) is 34.5 Å². The SMILES string of the molecule is C=C1CC[C@@]2(C)[C@@H](CC[C@H]3[C@H]2CC[C@]2(C)CCC[C@@H]32)C1. The highest BCUT2D eigenvalue weighted by Crippen LogP contribution is 2.66. The van der Waals surface area contributed by atoms with Crippen LogP contribution >= 0.6 is 0 Å². The summed E-state index contributed by atoms with van der Waals surface area (Å²) in [5, 5.41) is 0. The Labute approximate surface area is 125 Å². The minimum atomic E-state index is 0.661. The number of fused-ring (bicyclic) bond motifs is 5. The van der Waals surface area contributed by atoms with Crippen LogP contribution in [0.5, 0.6) is 0 Å². The lowest BCUT2D eigenvalue weighted by Gasteiger charge is -2.60. The largest absolute Gasteiger partial charge is 0.0999 e. The van der Waals surface area contributed by atoms with Gasteiger partial charge in [-0.05, 0) is 92.3 Å². The third-order valence-corrected chi connectivity index (χ3v) is 8.40. The zero-order valence-corrected chi connectivity index (χ0v) is 13.6. The topological polar surface area (TPSA) is 0 Å². The van der Waals surface area contributed by atoms with Gasteiger partial charge in [0.2, 0.25) is 0 Å². The van der Waals surface area contributed by atoms with Crippen LogP contribution in [0.3, 0.4) is 0 Å². The number of rotatable bonds is 0. The van der Waals surface area contributed by atoms with E-state index in [-0.39, 0.29) is 0 Å². The van der Waals surface area contributed by atoms with Crippen LogP contribution in [0.4, 0.5) is 0 Å². The number of hydrogen-bond donors (Lipinski definition) is 0. The fourth-order valence-electron chi connectivity index (χ4n) is 7.15. The van der Waals surface area contributed by atoms with Gasteiger partial charge in [-0.25, -0.2) is 0 Å². The molecule has 112 valence electrons. The third-order valence-electron chi connectivity index (χ3n) is 8.40. The van der Waals surface area contributed by atoms with Gasteiger partial charge in [0.15, 0.2) is 0 Å². The summed E-state index contributed by atoms with van der Waals surface area (Å²) in [6.45, 7) is 9.59. The van der Waals surface area contributed by atoms with Gasteiger partial charge in [-0.15, -0.1) is 0 Å². The average Bonchev–Trinajstić information content (AvgIpc) is 2.81. The van der Waals surface area contributed by atoms with E-state index < -0.39 is 0 Å². The van der Waals surface area contributed by atoms with Gasteiger partial charge in [0.1, 0.15) is 0 Å². The molecule has 0 aromatic heterocycles. The molecule has 0 aromatic carbocycles. The quantitative estimate of drug-likeness (QED) is 0.476. The molecule has 0 unspecified atom stereocenters. The van der Waals surface area contributed by atoms with Crippen molar-refractivity contribution in [2.45, 2.75) is 78.1 Å². The van der Waals surface area contributed by atoms with E-state index in [1.807, 2.05) is 0 Å². The second-order valence-corrected chi connectivity index (χ2v) is 9.20. The van der Waals surface area contributed by atoms with E-state index in [2.05, 4.69) is 20.4 Å². The van der Waals surface area contributed by atoms with Crippen molar-refractivity contribution in [3.63, 3.8) is 0 Å². The summed E-state index contributed by atoms with van der Waals surface area (Å²) in [6.07, 6.45) is 14.8. The molecule has 0 heterocycles. The monoisotopic (exact) mass is 272 g/mol. The van der Waals surface area contributed by atoms with Crippen molar-refractivity contribution in [1.82, 2.24) is 0 Å². The minimum Gasteiger partial charge on any atom is -0.0999 e. The molecule has 0 nitrogen and oxygen atoms in total. The molecule has 0 radical (unpaired) electrons. The van der Waals surface area contributed by atoms with Crippen LogP contribution < -0.4 is 0 Å². The van der Waals surface area contributed by atoms with Crippen LogP contribution in [0.25, 0.3) is 0 Å². The predicted molar refractivity (Wildman–Crippen MR) is 85.5 cm³/mol. The van der Waals surface area contributed by atoms with Crippen molar-refractivity contribution >= 4 is 0 Å². The summed E-state index contributed by atoms with van der Waals surface area (Å²) in [7, 11) is 0. The fourth-order valence-corrected chi connectivity index (χ4v) is 7.15. The van der Waals surface area contributed by atoms with Crippen LogP contribution in [-0.2, 0) is 0 Å². The third kappa shape index (κ3) is 1.72. The van der Waals surface area contributed by atoms with Gasteiger partial charge in [0.05, 0.1) is 0 Å². The summed E-state index contributed by atoms with van der Waals surface area (Å²) in [5.41, 5.74) is 2.93. The van der Waals surface area contributed by atoms with E-state index in [1.54, 1.807) is 18.4 Å². The molecule has 0 N–H and O–H groups in total. The van der Waals surface area contributed by atoms with Crippen LogP contribution in [0.15, 0.2) is 12.2 Å². The lowest BCUT2D eigenvalue weighted by Crippen LogP contribution is -2.51. The summed E-state index contributed by atoms with van der Waals surface area (Å²) in [5.74, 6) is 4.16. The Hall–Kier alpha value is -0.260. The first-order chi connectivity index (χ1) is 9.53. The van der Waals surface area contributed by atoms with Crippen LogP contribution in [0, 0.1) is 34.5 Å². The maximum atomic E-state index is 4.30. The molecule has 0 bridgehead atoms. The van der Waals surface area contributed by atoms with Crippen LogP contribution in [-0.4, -0.2) is 0 Å². The van der Waals surface area contributed by atoms with E-state index >= 15 is 0 Å². The highest BCUT2D eigenvalue weighted by Gasteiger charge is 2.57. The van der Waals surface area contributed by atoms with Gasteiger partial charge >= 0.3 is 0 Å². The standard InChI is InChI=1S/C20H32/c1-14-8-12-20(3)15(13-14)6-7-16-17-5-4-10-19(17,2)11-9-18(16)20/h15-18H,1,4-13H2,2-3H3/t15-,16+,17-,18+,19-,20-/m0/s1. The Bertz CT molecular complexity index is 422. The van der Waals surface area contributed by atoms with E-state index in [9.17, 15) is 0 Å². The molecule has 4 aliphatic carbocycles. The molecule has 0 heteroatoms. The fraction of sp³-hybridized carbons (Fsp3) is 0.900. The molecule has 4 rings (SSSR count). The predicted octanol–water partition coefficient (Wildman–Crippen LogP) is 5.98. The summed E-state index contributed by atoms with van der Waals surface area (Å²) >= 11 is 0. The molecular weight excluding hydrogens is 240 g/mol. The molecule has 0 aliphatic heterocycles. The molecule has 4 fully saturated rings. The summed E-state index contributed by atoms with van der Waals surface area (Å²) < 4.78 is 0. The Morgan fingerprint density at radius 3 is 2.65 bits per heavy atom. The van der Waals surface area contributed by atoms with Gasteiger partial charge in [0, 0.05) is 0 Å². The lowest BCUT2D eigenvalue weighted by atomic mass is 9.45. The highest BCUT2D eigenvalue weighted by atomic mass is 14.6. The van der Waals surface area contributed by atoms with E-state index in [1.165, 1.54) is 51.4 Å². The zero-order chi connectivity index (χ0) is 14.0. The van der Waals surface area contributed by atoms with Gasteiger partial charge in [-0.1, -0.05) is 32.4 Å². The van der Waals surface area contributed by atoms with Gasteiger partial charge < -0.3 is 0 Å². The van der Waals surface area contributed by atoms with Crippen molar-refractivity contribution in [2.75, 3.05) is 0 Å². The maximum Gasteiger partial charge on any atom is -0.0260 e. The average molecular weight is 272 g/mol. The molecule has 0 spiro atoms. The summed E-state index contributed by atoms with van der Waals surface area (Å²) in [6, 6.07) is 0. The normalized spacial score (nSPS) is 55.0. The van der Waals surface area contributed by atoms with Crippen molar-refractivity contribution in [1.29, 1.82) is 0 Å². The highest BCUT2D eigenvalue weighted by molar-refractivity contribution is 5.12. The van der Waals surface area contributed by atoms with Crippen LogP contribution in [0.1, 0.15) is 78.1 Å². The summed E-state index contributed by atoms with van der Waals surface area (Å²) in [4.78, 5) is 0. The molecule has 0 aromatic rings. The van der Waals surface area contributed by atoms with Crippen LogP contribution in [0.2, 0.25) is 0 Å². The first-order valence-corrected chi connectivity index (χ1v) is 9.20. The first kappa shape index (κ1) is 13.4. The van der Waals surface area contributed by atoms with Crippen molar-refractivity contribution < 1.29 is 0 Å². The Balaban J connectivity index is 1.64. The minimum absolute atomic E-state index is 0.661. The molecule has 20 heavy (non-hydrogen) atoms. The van der Waals surface area contributed by atoms with Gasteiger partial charge in [-0.3, -0.25) is 0 Å². The zero-order valence-electron chi connectivity index (χ0n) is 13.6. The van der Waals surface area contributed by atoms with Crippen molar-refractivity contribution in [3.8, 4) is 0 Å². The second-order valence-electron chi connectivity index (χ2n) is 9.20. The molecule has 0 saturated heterocycles. The van der Waals surface area contributed by atoms with Crippen molar-refractivity contribution in [3.05, 3.63) is 12.2 Å². The molecule has 4 aliphatic rings. The molecule has 0 amide bonds. The maximum absolute atomic E-state index is 4.30. The number of allylic oxidation sites excluding steroid dienone is 1. The van der Waals surface area contributed by atoms with E-state index in [0.717, 1.165) is 29.1 Å². The lowest BCUT2D eigenvalue weighted by molar-refractivity contribution is -0.0963. The Morgan fingerprint density at radius 1 is 0.950 bits per heavy atom. The van der Waals surface area contributed by atoms with Gasteiger partial charge in [-0.2, -0.15) is 0 Å². The Morgan fingerprint density at radius 2 is 1.80 bits per heavy atom. The first-order valence-electron chi connectivity index (χ1n) is 9.20. The molecule has 4 saturated carbocycles. The van der Waals surface area contributed by atoms with E-state index in [0.29, 0.717) is 5.41 Å². The van der Waals surface area contributed by atoms with Gasteiger partial charge in [0.25, 0.3) is 0 Å². The molecular formula is C20H32. The smallest absolute Gasteiger partial charge is 0.0260 e. The Kier molecular flexibility index (Phi) is 2.93. The second kappa shape index (κ2) is 4.37. The number of hydrogen-bond acceptors (Lipinski definition) is 0. The van der Waals surface area contributed by atoms with E-state index in [4.69, 9.17) is 0 Å². The molecule has 6 atom stereocenters.